The molecule has 12 heavy (non-hydrogen) atoms. The van der Waals surface area contributed by atoms with Crippen molar-refractivity contribution in [1.29, 1.82) is 0 Å². The third-order valence-corrected chi connectivity index (χ3v) is 2.75. The third kappa shape index (κ3) is 1.44. The Bertz CT molecular complexity index is 276. The molecule has 1 saturated heterocycles. The highest BCUT2D eigenvalue weighted by molar-refractivity contribution is 8.33. The molecule has 2 aliphatic rings. The SMILES string of the molecule is O=C1CCCN2NC(=S)SC2=N1. The predicted molar refractivity (Wildman–Crippen MR) is 51.7 cm³/mol. The number of thiocarbonyl (C=S) groups is 1. The number of hydrogen-bond donors (Lipinski definition) is 1. The second-order valence-electron chi connectivity index (χ2n) is 2.54. The Morgan fingerprint density at radius 3 is 3.33 bits per heavy atom. The minimum atomic E-state index is -0.0495. The highest BCUT2D eigenvalue weighted by Crippen LogP contribution is 2.20. The standard InChI is InChI=1S/C6H7N3OS2/c10-4-2-1-3-9-5(7-4)12-6(11)8-9/h1-3H2,(H,8,11). The summed E-state index contributed by atoms with van der Waals surface area (Å²) in [5.41, 5.74) is 2.96. The fraction of sp³-hybridized carbons (Fsp3) is 0.500. The van der Waals surface area contributed by atoms with Crippen molar-refractivity contribution in [2.24, 2.45) is 4.99 Å². The molecule has 64 valence electrons. The van der Waals surface area contributed by atoms with Crippen LogP contribution < -0.4 is 5.43 Å². The van der Waals surface area contributed by atoms with Gasteiger partial charge in [-0.3, -0.25) is 15.2 Å². The van der Waals surface area contributed by atoms with Gasteiger partial charge >= 0.3 is 0 Å². The van der Waals surface area contributed by atoms with E-state index in [1.165, 1.54) is 11.8 Å². The molecule has 1 amide bonds. The molecule has 1 fully saturated rings. The van der Waals surface area contributed by atoms with Gasteiger partial charge in [0.2, 0.25) is 5.91 Å². The lowest BCUT2D eigenvalue weighted by atomic mass is 10.3. The van der Waals surface area contributed by atoms with Crippen LogP contribution in [0.3, 0.4) is 0 Å². The lowest BCUT2D eigenvalue weighted by Crippen LogP contribution is -2.35. The molecule has 0 radical (unpaired) electrons. The highest BCUT2D eigenvalue weighted by Gasteiger charge is 2.26. The Labute approximate surface area is 79.4 Å². The van der Waals surface area contributed by atoms with Crippen LogP contribution in [0.5, 0.6) is 0 Å². The second kappa shape index (κ2) is 3.02. The minimum absolute atomic E-state index is 0.0495. The summed E-state index contributed by atoms with van der Waals surface area (Å²) in [5, 5.41) is 2.53. The third-order valence-electron chi connectivity index (χ3n) is 1.63. The second-order valence-corrected chi connectivity index (χ2v) is 4.19. The Morgan fingerprint density at radius 1 is 1.67 bits per heavy atom. The van der Waals surface area contributed by atoms with Crippen molar-refractivity contribution >= 4 is 39.4 Å². The van der Waals surface area contributed by atoms with Crippen molar-refractivity contribution in [3.05, 3.63) is 0 Å². The van der Waals surface area contributed by atoms with E-state index in [1.807, 2.05) is 5.01 Å². The van der Waals surface area contributed by atoms with Crippen LogP contribution >= 0.6 is 24.0 Å². The smallest absolute Gasteiger partial charge is 0.248 e. The number of thioether (sulfide) groups is 1. The molecular weight excluding hydrogens is 194 g/mol. The van der Waals surface area contributed by atoms with Crippen LogP contribution in [0.25, 0.3) is 0 Å². The van der Waals surface area contributed by atoms with E-state index in [4.69, 9.17) is 12.2 Å². The zero-order valence-corrected chi connectivity index (χ0v) is 7.87. The topological polar surface area (TPSA) is 44.7 Å². The lowest BCUT2D eigenvalue weighted by molar-refractivity contribution is -0.117. The maximum absolute atomic E-state index is 11.0. The van der Waals surface area contributed by atoms with Gasteiger partial charge in [-0.05, 0) is 18.2 Å². The van der Waals surface area contributed by atoms with Crippen molar-refractivity contribution in [1.82, 2.24) is 10.4 Å². The fourth-order valence-electron chi connectivity index (χ4n) is 1.10. The van der Waals surface area contributed by atoms with Crippen LogP contribution in [0.4, 0.5) is 0 Å². The first kappa shape index (κ1) is 8.00. The van der Waals surface area contributed by atoms with Crippen LogP contribution in [0, 0.1) is 0 Å². The van der Waals surface area contributed by atoms with Gasteiger partial charge in [0.05, 0.1) is 0 Å². The number of hydrazine groups is 1. The van der Waals surface area contributed by atoms with Gasteiger partial charge in [0.15, 0.2) is 9.49 Å². The number of amides is 1. The highest BCUT2D eigenvalue weighted by atomic mass is 32.2. The summed E-state index contributed by atoms with van der Waals surface area (Å²) >= 11 is 6.28. The van der Waals surface area contributed by atoms with Crippen LogP contribution in [0.15, 0.2) is 4.99 Å². The summed E-state index contributed by atoms with van der Waals surface area (Å²) < 4.78 is 0.670. The minimum Gasteiger partial charge on any atom is -0.280 e. The number of carbonyl (C=O) groups excluding carboxylic acids is 1. The largest absolute Gasteiger partial charge is 0.280 e. The van der Waals surface area contributed by atoms with Gasteiger partial charge in [-0.25, -0.2) is 0 Å². The molecule has 6 heteroatoms. The Kier molecular flexibility index (Phi) is 2.02. The maximum atomic E-state index is 11.0. The van der Waals surface area contributed by atoms with Gasteiger partial charge in [0, 0.05) is 13.0 Å². The lowest BCUT2D eigenvalue weighted by Gasteiger charge is -2.13. The van der Waals surface area contributed by atoms with E-state index in [-0.39, 0.29) is 5.91 Å². The molecule has 0 aliphatic carbocycles. The molecule has 2 rings (SSSR count). The number of amidine groups is 1. The zero-order chi connectivity index (χ0) is 8.55. The fourth-order valence-corrected chi connectivity index (χ4v) is 2.15. The van der Waals surface area contributed by atoms with E-state index in [2.05, 4.69) is 10.4 Å². The number of fused-ring (bicyclic) bond motifs is 1. The van der Waals surface area contributed by atoms with E-state index >= 15 is 0 Å². The normalized spacial score (nSPS) is 23.0. The van der Waals surface area contributed by atoms with Gasteiger partial charge in [-0.1, -0.05) is 12.2 Å². The number of rotatable bonds is 0. The summed E-state index contributed by atoms with van der Waals surface area (Å²) in [5.74, 6) is -0.0495. The van der Waals surface area contributed by atoms with Crippen LogP contribution in [0.1, 0.15) is 12.8 Å². The monoisotopic (exact) mass is 201 g/mol. The van der Waals surface area contributed by atoms with Gasteiger partial charge in [-0.2, -0.15) is 4.99 Å². The molecule has 1 N–H and O–H groups in total. The molecule has 0 aromatic carbocycles. The van der Waals surface area contributed by atoms with Gasteiger partial charge in [0.1, 0.15) is 0 Å². The summed E-state index contributed by atoms with van der Waals surface area (Å²) in [6.07, 6.45) is 1.37. The summed E-state index contributed by atoms with van der Waals surface area (Å²) in [4.78, 5) is 14.9. The molecule has 0 aromatic rings. The molecule has 0 unspecified atom stereocenters. The van der Waals surface area contributed by atoms with Gasteiger partial charge in [-0.15, -0.1) is 0 Å². The Morgan fingerprint density at radius 2 is 2.50 bits per heavy atom. The van der Waals surface area contributed by atoms with Crippen LogP contribution in [0.2, 0.25) is 0 Å². The van der Waals surface area contributed by atoms with Gasteiger partial charge < -0.3 is 0 Å². The van der Waals surface area contributed by atoms with Crippen molar-refractivity contribution in [3.8, 4) is 0 Å². The van der Waals surface area contributed by atoms with Crippen LogP contribution in [-0.2, 0) is 4.79 Å². The number of nitrogens with zero attached hydrogens (tertiary/aromatic N) is 2. The molecule has 2 heterocycles. The quantitative estimate of drug-likeness (QED) is 0.578. The van der Waals surface area contributed by atoms with Crippen molar-refractivity contribution in [2.45, 2.75) is 12.8 Å². The van der Waals surface area contributed by atoms with E-state index in [9.17, 15) is 4.79 Å². The summed E-state index contributed by atoms with van der Waals surface area (Å²) in [6, 6.07) is 0. The zero-order valence-electron chi connectivity index (χ0n) is 6.24. The number of hydrogen-bond acceptors (Lipinski definition) is 4. The van der Waals surface area contributed by atoms with Crippen molar-refractivity contribution < 1.29 is 4.79 Å². The Balaban J connectivity index is 2.24. The number of aliphatic imine (C=N–C) groups is 1. The summed E-state index contributed by atoms with van der Waals surface area (Å²) in [6.45, 7) is 0.803. The molecule has 0 saturated carbocycles. The van der Waals surface area contributed by atoms with Crippen molar-refractivity contribution in [3.63, 3.8) is 0 Å². The number of nitrogens with one attached hydrogen (secondary N) is 1. The van der Waals surface area contributed by atoms with E-state index < -0.39 is 0 Å². The molecule has 4 nitrogen and oxygen atoms in total. The molecule has 0 bridgehead atoms. The molecular formula is C6H7N3OS2. The first-order valence-electron chi connectivity index (χ1n) is 3.63. The predicted octanol–water partition coefficient (Wildman–Crippen LogP) is 0.501. The molecule has 0 aromatic heterocycles. The van der Waals surface area contributed by atoms with E-state index in [0.717, 1.165) is 13.0 Å². The summed E-state index contributed by atoms with van der Waals surface area (Å²) in [7, 11) is 0. The number of carbonyl (C=O) groups is 1. The first-order valence-corrected chi connectivity index (χ1v) is 4.86. The molecule has 0 spiro atoms. The van der Waals surface area contributed by atoms with E-state index in [0.29, 0.717) is 15.9 Å². The first-order chi connectivity index (χ1) is 5.75. The molecule has 2 aliphatic heterocycles. The molecule has 0 atom stereocenters. The average Bonchev–Trinajstić information content (AvgIpc) is 2.23. The average molecular weight is 201 g/mol. The van der Waals surface area contributed by atoms with E-state index in [1.54, 1.807) is 0 Å². The van der Waals surface area contributed by atoms with Gasteiger partial charge in [0.25, 0.3) is 0 Å². The van der Waals surface area contributed by atoms with Crippen LogP contribution in [-0.4, -0.2) is 26.9 Å². The maximum Gasteiger partial charge on any atom is 0.248 e. The van der Waals surface area contributed by atoms with Crippen molar-refractivity contribution in [2.75, 3.05) is 6.54 Å². The Hall–Kier alpha value is -0.620.